The van der Waals surface area contributed by atoms with Crippen LogP contribution >= 0.6 is 34.5 Å². The molecule has 0 aliphatic heterocycles. The van der Waals surface area contributed by atoms with Gasteiger partial charge in [-0.05, 0) is 29.5 Å². The molecule has 0 amide bonds. The Morgan fingerprint density at radius 3 is 3.00 bits per heavy atom. The van der Waals surface area contributed by atoms with E-state index in [1.54, 1.807) is 11.3 Å². The average molecular weight is 274 g/mol. The van der Waals surface area contributed by atoms with Crippen molar-refractivity contribution in [3.05, 3.63) is 38.9 Å². The van der Waals surface area contributed by atoms with Crippen molar-refractivity contribution in [1.29, 1.82) is 0 Å². The van der Waals surface area contributed by atoms with Crippen molar-refractivity contribution in [1.82, 2.24) is 9.97 Å². The van der Waals surface area contributed by atoms with Crippen LogP contribution in [0.25, 0.3) is 0 Å². The number of nitrogens with one attached hydrogen (secondary N) is 1. The first kappa shape index (κ1) is 11.6. The second-order valence-corrected chi connectivity index (χ2v) is 4.87. The fraction of sp³-hybridized carbons (Fsp3) is 0.200. The number of hydrogen-bond donors (Lipinski definition) is 1. The molecule has 0 spiro atoms. The molecule has 16 heavy (non-hydrogen) atoms. The second-order valence-electron chi connectivity index (χ2n) is 3.09. The van der Waals surface area contributed by atoms with Crippen molar-refractivity contribution in [2.45, 2.75) is 6.42 Å². The van der Waals surface area contributed by atoms with Crippen molar-refractivity contribution < 1.29 is 0 Å². The third kappa shape index (κ3) is 3.07. The van der Waals surface area contributed by atoms with E-state index in [0.29, 0.717) is 10.8 Å². The van der Waals surface area contributed by atoms with Gasteiger partial charge in [0.05, 0.1) is 6.20 Å². The van der Waals surface area contributed by atoms with Crippen LogP contribution in [0.3, 0.4) is 0 Å². The Hall–Kier alpha value is -0.840. The summed E-state index contributed by atoms with van der Waals surface area (Å²) in [6.07, 6.45) is 2.43. The fourth-order valence-corrected chi connectivity index (χ4v) is 2.23. The summed E-state index contributed by atoms with van der Waals surface area (Å²) < 4.78 is 0. The quantitative estimate of drug-likeness (QED) is 0.867. The van der Waals surface area contributed by atoms with E-state index < -0.39 is 0 Å². The van der Waals surface area contributed by atoms with Gasteiger partial charge in [-0.1, -0.05) is 17.7 Å². The molecule has 0 unspecified atom stereocenters. The van der Waals surface area contributed by atoms with Crippen LogP contribution in [0.2, 0.25) is 10.3 Å². The van der Waals surface area contributed by atoms with Gasteiger partial charge < -0.3 is 5.32 Å². The first-order valence-electron chi connectivity index (χ1n) is 4.70. The molecule has 1 N–H and O–H groups in total. The summed E-state index contributed by atoms with van der Waals surface area (Å²) in [5.41, 5.74) is 0. The minimum Gasteiger partial charge on any atom is -0.368 e. The van der Waals surface area contributed by atoms with E-state index in [1.807, 2.05) is 6.07 Å². The highest BCUT2D eigenvalue weighted by Gasteiger charge is 2.03. The summed E-state index contributed by atoms with van der Waals surface area (Å²) in [5, 5.41) is 5.87. The van der Waals surface area contributed by atoms with Gasteiger partial charge >= 0.3 is 0 Å². The Labute approximate surface area is 107 Å². The molecule has 0 aromatic carbocycles. The Bertz CT molecular complexity index is 459. The van der Waals surface area contributed by atoms with Crippen molar-refractivity contribution in [2.24, 2.45) is 0 Å². The number of hydrogen-bond acceptors (Lipinski definition) is 4. The summed E-state index contributed by atoms with van der Waals surface area (Å²) in [7, 11) is 0. The summed E-state index contributed by atoms with van der Waals surface area (Å²) >= 11 is 13.3. The molecular formula is C10H9Cl2N3S. The highest BCUT2D eigenvalue weighted by Crippen LogP contribution is 2.19. The molecule has 2 aromatic rings. The third-order valence-electron chi connectivity index (χ3n) is 1.96. The topological polar surface area (TPSA) is 37.8 Å². The van der Waals surface area contributed by atoms with E-state index >= 15 is 0 Å². The first-order chi connectivity index (χ1) is 7.75. The number of halogens is 2. The Morgan fingerprint density at radius 2 is 2.25 bits per heavy atom. The summed E-state index contributed by atoms with van der Waals surface area (Å²) in [6, 6.07) is 4.13. The zero-order valence-electron chi connectivity index (χ0n) is 8.28. The molecule has 0 aliphatic rings. The lowest BCUT2D eigenvalue weighted by Crippen LogP contribution is -2.06. The second kappa shape index (κ2) is 5.48. The van der Waals surface area contributed by atoms with Crippen LogP contribution in [-0.2, 0) is 6.42 Å². The molecule has 0 saturated heterocycles. The predicted molar refractivity (Wildman–Crippen MR) is 68.6 cm³/mol. The van der Waals surface area contributed by atoms with Crippen LogP contribution in [0, 0.1) is 0 Å². The Kier molecular flexibility index (Phi) is 3.98. The van der Waals surface area contributed by atoms with Gasteiger partial charge in [-0.2, -0.15) is 4.98 Å². The van der Waals surface area contributed by atoms with Crippen LogP contribution in [0.5, 0.6) is 0 Å². The molecule has 0 fully saturated rings. The largest absolute Gasteiger partial charge is 0.368 e. The molecule has 2 heterocycles. The zero-order chi connectivity index (χ0) is 11.4. The van der Waals surface area contributed by atoms with E-state index in [-0.39, 0.29) is 5.28 Å². The number of nitrogens with zero attached hydrogens (tertiary/aromatic N) is 2. The molecule has 0 aliphatic carbocycles. The normalized spacial score (nSPS) is 10.4. The number of anilines is 1. The van der Waals surface area contributed by atoms with E-state index in [9.17, 15) is 0 Å². The fourth-order valence-electron chi connectivity index (χ4n) is 1.23. The van der Waals surface area contributed by atoms with Crippen molar-refractivity contribution in [3.8, 4) is 0 Å². The lowest BCUT2D eigenvalue weighted by molar-refractivity contribution is 1.02. The lowest BCUT2D eigenvalue weighted by Gasteiger charge is -2.05. The molecule has 0 radical (unpaired) electrons. The van der Waals surface area contributed by atoms with Crippen molar-refractivity contribution in [3.63, 3.8) is 0 Å². The van der Waals surface area contributed by atoms with Gasteiger partial charge in [0.25, 0.3) is 0 Å². The van der Waals surface area contributed by atoms with Crippen molar-refractivity contribution in [2.75, 3.05) is 11.9 Å². The number of rotatable bonds is 4. The maximum atomic E-state index is 5.91. The summed E-state index contributed by atoms with van der Waals surface area (Å²) in [4.78, 5) is 9.11. The summed E-state index contributed by atoms with van der Waals surface area (Å²) in [5.74, 6) is 0.582. The molecule has 84 valence electrons. The molecule has 0 atom stereocenters. The zero-order valence-corrected chi connectivity index (χ0v) is 10.6. The first-order valence-corrected chi connectivity index (χ1v) is 6.33. The van der Waals surface area contributed by atoms with Gasteiger partial charge in [-0.25, -0.2) is 4.98 Å². The van der Waals surface area contributed by atoms with E-state index in [4.69, 9.17) is 23.2 Å². The van der Waals surface area contributed by atoms with Crippen LogP contribution in [-0.4, -0.2) is 16.5 Å². The van der Waals surface area contributed by atoms with Crippen LogP contribution in [0.1, 0.15) is 4.88 Å². The van der Waals surface area contributed by atoms with Gasteiger partial charge in [0.2, 0.25) is 5.28 Å². The standard InChI is InChI=1S/C10H9Cl2N3S/c11-8-6-14-10(12)15-9(8)13-4-3-7-2-1-5-16-7/h1-2,5-6H,3-4H2,(H,13,14,15). The van der Waals surface area contributed by atoms with Gasteiger partial charge in [-0.3, -0.25) is 0 Å². The van der Waals surface area contributed by atoms with Crippen molar-refractivity contribution >= 4 is 40.4 Å². The molecule has 2 rings (SSSR count). The summed E-state index contributed by atoms with van der Waals surface area (Å²) in [6.45, 7) is 0.771. The van der Waals surface area contributed by atoms with Gasteiger partial charge in [0.1, 0.15) is 10.8 Å². The smallest absolute Gasteiger partial charge is 0.224 e. The van der Waals surface area contributed by atoms with Crippen LogP contribution < -0.4 is 5.32 Å². The van der Waals surface area contributed by atoms with Crippen LogP contribution in [0.4, 0.5) is 5.82 Å². The lowest BCUT2D eigenvalue weighted by atomic mass is 10.3. The molecule has 6 heteroatoms. The molecule has 0 saturated carbocycles. The number of aromatic nitrogens is 2. The van der Waals surface area contributed by atoms with Gasteiger partial charge in [0.15, 0.2) is 0 Å². The van der Waals surface area contributed by atoms with E-state index in [1.165, 1.54) is 11.1 Å². The monoisotopic (exact) mass is 273 g/mol. The molecule has 0 bridgehead atoms. The maximum Gasteiger partial charge on any atom is 0.224 e. The van der Waals surface area contributed by atoms with E-state index in [2.05, 4.69) is 26.7 Å². The minimum absolute atomic E-state index is 0.197. The molecule has 3 nitrogen and oxygen atoms in total. The molecule has 2 aromatic heterocycles. The number of thiophene rings is 1. The predicted octanol–water partition coefficient (Wildman–Crippen LogP) is 3.50. The highest BCUT2D eigenvalue weighted by molar-refractivity contribution is 7.09. The Morgan fingerprint density at radius 1 is 1.38 bits per heavy atom. The molecular weight excluding hydrogens is 265 g/mol. The Balaban J connectivity index is 1.92. The van der Waals surface area contributed by atoms with Gasteiger partial charge in [0, 0.05) is 11.4 Å². The maximum absolute atomic E-state index is 5.91. The SMILES string of the molecule is Clc1ncc(Cl)c(NCCc2cccs2)n1. The van der Waals surface area contributed by atoms with Crippen LogP contribution in [0.15, 0.2) is 23.7 Å². The minimum atomic E-state index is 0.197. The highest BCUT2D eigenvalue weighted by atomic mass is 35.5. The average Bonchev–Trinajstić information content (AvgIpc) is 2.76. The van der Waals surface area contributed by atoms with Gasteiger partial charge in [-0.15, -0.1) is 11.3 Å². The third-order valence-corrected chi connectivity index (χ3v) is 3.35. The van der Waals surface area contributed by atoms with E-state index in [0.717, 1.165) is 13.0 Å².